The van der Waals surface area contributed by atoms with Crippen LogP contribution in [0.1, 0.15) is 37.4 Å². The fourth-order valence-electron chi connectivity index (χ4n) is 4.58. The Bertz CT molecular complexity index is 1010. The molecule has 1 saturated heterocycles. The molecule has 0 saturated carbocycles. The fraction of sp³-hybridized carbons (Fsp3) is 0.474. The molecule has 1 fully saturated rings. The van der Waals surface area contributed by atoms with Crippen molar-refractivity contribution in [3.63, 3.8) is 0 Å². The minimum Gasteiger partial charge on any atom is -0.325 e. The number of aryl methyl sites for hydroxylation is 1. The standard InChI is InChI=1S/C19H24N4O3S/c1-4-7-17-19(14-8-5-6-9-15(14)21-18(19)24)10-11-23(17)27(25,26)16-12-20-22(3)13(16)2/h5-6,8-9,12,17H,4,7,10-11H2,1-3H3,(H,21,24)/t17-,19+/m0/s1. The maximum atomic E-state index is 13.5. The Balaban J connectivity index is 1.84. The van der Waals surface area contributed by atoms with Crippen LogP contribution in [0.2, 0.25) is 0 Å². The number of nitrogens with zero attached hydrogens (tertiary/aromatic N) is 3. The van der Waals surface area contributed by atoms with Crippen molar-refractivity contribution < 1.29 is 13.2 Å². The molecule has 144 valence electrons. The Morgan fingerprint density at radius 1 is 1.33 bits per heavy atom. The lowest BCUT2D eigenvalue weighted by Crippen LogP contribution is -2.48. The van der Waals surface area contributed by atoms with Crippen molar-refractivity contribution in [2.75, 3.05) is 11.9 Å². The third-order valence-corrected chi connectivity index (χ3v) is 8.05. The van der Waals surface area contributed by atoms with Crippen molar-refractivity contribution in [2.24, 2.45) is 7.05 Å². The van der Waals surface area contributed by atoms with Crippen LogP contribution >= 0.6 is 0 Å². The monoisotopic (exact) mass is 388 g/mol. The molecule has 8 heteroatoms. The SMILES string of the molecule is CCC[C@@H]1N(S(=O)(=O)c2cnn(C)c2C)CC[C@]12C(=O)Nc1ccccc12. The van der Waals surface area contributed by atoms with E-state index in [1.807, 2.05) is 31.2 Å². The molecular formula is C19H24N4O3S. The van der Waals surface area contributed by atoms with Crippen molar-refractivity contribution in [2.45, 2.75) is 49.5 Å². The van der Waals surface area contributed by atoms with E-state index >= 15 is 0 Å². The summed E-state index contributed by atoms with van der Waals surface area (Å²) in [5, 5.41) is 7.07. The highest BCUT2D eigenvalue weighted by Crippen LogP contribution is 2.50. The number of benzene rings is 1. The largest absolute Gasteiger partial charge is 0.325 e. The van der Waals surface area contributed by atoms with E-state index < -0.39 is 21.5 Å². The van der Waals surface area contributed by atoms with Gasteiger partial charge in [-0.05, 0) is 31.4 Å². The highest BCUT2D eigenvalue weighted by atomic mass is 32.2. The van der Waals surface area contributed by atoms with Crippen LogP contribution in [0.4, 0.5) is 5.69 Å². The van der Waals surface area contributed by atoms with Crippen molar-refractivity contribution in [3.05, 3.63) is 41.7 Å². The zero-order chi connectivity index (χ0) is 19.4. The smallest absolute Gasteiger partial charge is 0.246 e. The molecule has 2 atom stereocenters. The lowest BCUT2D eigenvalue weighted by atomic mass is 9.74. The van der Waals surface area contributed by atoms with Gasteiger partial charge in [-0.15, -0.1) is 0 Å². The molecule has 0 bridgehead atoms. The first-order valence-corrected chi connectivity index (χ1v) is 10.7. The average molecular weight is 388 g/mol. The van der Waals surface area contributed by atoms with E-state index in [-0.39, 0.29) is 10.8 Å². The minimum atomic E-state index is -3.74. The van der Waals surface area contributed by atoms with Gasteiger partial charge in [0.05, 0.1) is 17.3 Å². The number of hydrogen-bond donors (Lipinski definition) is 1. The lowest BCUT2D eigenvalue weighted by molar-refractivity contribution is -0.121. The topological polar surface area (TPSA) is 84.3 Å². The van der Waals surface area contributed by atoms with E-state index in [0.717, 1.165) is 17.7 Å². The summed E-state index contributed by atoms with van der Waals surface area (Å²) in [4.78, 5) is 13.3. The number of amides is 1. The lowest BCUT2D eigenvalue weighted by Gasteiger charge is -2.33. The highest BCUT2D eigenvalue weighted by molar-refractivity contribution is 7.89. The van der Waals surface area contributed by atoms with Crippen LogP contribution in [0.25, 0.3) is 0 Å². The molecule has 27 heavy (non-hydrogen) atoms. The van der Waals surface area contributed by atoms with Crippen molar-refractivity contribution in [1.82, 2.24) is 14.1 Å². The molecule has 0 unspecified atom stereocenters. The van der Waals surface area contributed by atoms with Gasteiger partial charge in [-0.3, -0.25) is 9.48 Å². The van der Waals surface area contributed by atoms with Crippen LogP contribution in [0.3, 0.4) is 0 Å². The van der Waals surface area contributed by atoms with Crippen molar-refractivity contribution in [1.29, 1.82) is 0 Å². The van der Waals surface area contributed by atoms with Crippen molar-refractivity contribution >= 4 is 21.6 Å². The Labute approximate surface area is 159 Å². The van der Waals surface area contributed by atoms with Crippen LogP contribution in [-0.4, -0.2) is 41.0 Å². The molecular weight excluding hydrogens is 364 g/mol. The van der Waals surface area contributed by atoms with E-state index in [1.165, 1.54) is 10.5 Å². The van der Waals surface area contributed by atoms with Gasteiger partial charge in [0.15, 0.2) is 0 Å². The summed E-state index contributed by atoms with van der Waals surface area (Å²) >= 11 is 0. The number of carbonyl (C=O) groups excluding carboxylic acids is 1. The molecule has 1 N–H and O–H groups in total. The number of nitrogens with one attached hydrogen (secondary N) is 1. The summed E-state index contributed by atoms with van der Waals surface area (Å²) in [6, 6.07) is 7.21. The number of hydrogen-bond acceptors (Lipinski definition) is 4. The third kappa shape index (κ3) is 2.39. The zero-order valence-electron chi connectivity index (χ0n) is 15.8. The van der Waals surface area contributed by atoms with Crippen LogP contribution in [0, 0.1) is 6.92 Å². The second-order valence-corrected chi connectivity index (χ2v) is 9.22. The van der Waals surface area contributed by atoms with E-state index in [0.29, 0.717) is 25.1 Å². The maximum absolute atomic E-state index is 13.5. The molecule has 4 rings (SSSR count). The van der Waals surface area contributed by atoms with Crippen LogP contribution in [-0.2, 0) is 27.3 Å². The molecule has 1 aromatic heterocycles. The van der Waals surface area contributed by atoms with Gasteiger partial charge >= 0.3 is 0 Å². The van der Waals surface area contributed by atoms with Gasteiger partial charge in [0.1, 0.15) is 4.90 Å². The molecule has 1 amide bonds. The number of carbonyl (C=O) groups is 1. The summed E-state index contributed by atoms with van der Waals surface area (Å²) < 4.78 is 30.0. The van der Waals surface area contributed by atoms with Gasteiger partial charge in [0.25, 0.3) is 0 Å². The van der Waals surface area contributed by atoms with Gasteiger partial charge in [-0.2, -0.15) is 9.40 Å². The predicted molar refractivity (Wildman–Crippen MR) is 102 cm³/mol. The second-order valence-electron chi connectivity index (χ2n) is 7.36. The quantitative estimate of drug-likeness (QED) is 0.870. The summed E-state index contributed by atoms with van der Waals surface area (Å²) in [6.07, 6.45) is 3.31. The Hall–Kier alpha value is -2.19. The van der Waals surface area contributed by atoms with Gasteiger partial charge in [0.2, 0.25) is 15.9 Å². The molecule has 0 aliphatic carbocycles. The third-order valence-electron chi connectivity index (χ3n) is 6.04. The number of para-hydroxylation sites is 1. The molecule has 7 nitrogen and oxygen atoms in total. The summed E-state index contributed by atoms with van der Waals surface area (Å²) in [6.45, 7) is 4.09. The molecule has 1 spiro atoms. The van der Waals surface area contributed by atoms with Crippen molar-refractivity contribution in [3.8, 4) is 0 Å². The first kappa shape index (κ1) is 18.2. The highest BCUT2D eigenvalue weighted by Gasteiger charge is 2.59. The summed E-state index contributed by atoms with van der Waals surface area (Å²) in [5.41, 5.74) is 1.48. The van der Waals surface area contributed by atoms with Gasteiger partial charge in [0, 0.05) is 25.3 Å². The summed E-state index contributed by atoms with van der Waals surface area (Å²) in [7, 11) is -2.01. The molecule has 2 aliphatic heterocycles. The van der Waals surface area contributed by atoms with E-state index in [9.17, 15) is 13.2 Å². The number of anilines is 1. The zero-order valence-corrected chi connectivity index (χ0v) is 16.6. The van der Waals surface area contributed by atoms with Gasteiger partial charge in [-0.1, -0.05) is 31.5 Å². The number of aromatic nitrogens is 2. The average Bonchev–Trinajstić information content (AvgIpc) is 3.27. The number of sulfonamides is 1. The summed E-state index contributed by atoms with van der Waals surface area (Å²) in [5.74, 6) is -0.0947. The number of fused-ring (bicyclic) bond motifs is 2. The second kappa shape index (κ2) is 6.17. The van der Waals surface area contributed by atoms with Gasteiger partial charge < -0.3 is 5.32 Å². The minimum absolute atomic E-state index is 0.0947. The van der Waals surface area contributed by atoms with E-state index in [2.05, 4.69) is 10.4 Å². The predicted octanol–water partition coefficient (Wildman–Crippen LogP) is 2.18. The molecule has 2 aromatic rings. The molecule has 3 heterocycles. The first-order chi connectivity index (χ1) is 12.8. The van der Waals surface area contributed by atoms with Crippen LogP contribution in [0.5, 0.6) is 0 Å². The normalized spacial score (nSPS) is 25.1. The Morgan fingerprint density at radius 2 is 2.07 bits per heavy atom. The van der Waals surface area contributed by atoms with E-state index in [1.54, 1.807) is 18.7 Å². The van der Waals surface area contributed by atoms with Crippen LogP contribution < -0.4 is 5.32 Å². The van der Waals surface area contributed by atoms with Gasteiger partial charge in [-0.25, -0.2) is 8.42 Å². The molecule has 0 radical (unpaired) electrons. The Kier molecular flexibility index (Phi) is 4.16. The maximum Gasteiger partial charge on any atom is 0.246 e. The first-order valence-electron chi connectivity index (χ1n) is 9.25. The fourth-order valence-corrected chi connectivity index (χ4v) is 6.47. The molecule has 1 aromatic carbocycles. The van der Waals surface area contributed by atoms with E-state index in [4.69, 9.17) is 0 Å². The number of rotatable bonds is 4. The van der Waals surface area contributed by atoms with Crippen LogP contribution in [0.15, 0.2) is 35.4 Å². The Morgan fingerprint density at radius 3 is 2.74 bits per heavy atom. The molecule has 2 aliphatic rings.